The number of amidine groups is 1. The highest BCUT2D eigenvalue weighted by Crippen LogP contribution is 2.39. The molecule has 1 saturated heterocycles. The molecule has 166 valence electrons. The Bertz CT molecular complexity index is 1010. The molecule has 0 amide bonds. The molecule has 1 unspecified atom stereocenters. The number of hydrogen-bond donors (Lipinski definition) is 2. The lowest BCUT2D eigenvalue weighted by Crippen LogP contribution is -2.53. The van der Waals surface area contributed by atoms with Gasteiger partial charge in [-0.2, -0.15) is 13.2 Å². The first-order valence-corrected chi connectivity index (χ1v) is 9.80. The fourth-order valence-electron chi connectivity index (χ4n) is 3.78. The largest absolute Gasteiger partial charge is 0.416 e. The Labute approximate surface area is 175 Å². The van der Waals surface area contributed by atoms with E-state index < -0.39 is 23.4 Å². The van der Waals surface area contributed by atoms with Gasteiger partial charge in [-0.3, -0.25) is 0 Å². The molecule has 2 N–H and O–H groups in total. The zero-order chi connectivity index (χ0) is 22.2. The number of rotatable bonds is 3. The predicted molar refractivity (Wildman–Crippen MR) is 107 cm³/mol. The number of benzene rings is 2. The van der Waals surface area contributed by atoms with Crippen molar-refractivity contribution in [3.8, 4) is 0 Å². The molecule has 0 spiro atoms. The summed E-state index contributed by atoms with van der Waals surface area (Å²) in [6.07, 6.45) is -3.83. The molecule has 1 fully saturated rings. The fourth-order valence-corrected chi connectivity index (χ4v) is 3.78. The van der Waals surface area contributed by atoms with Gasteiger partial charge in [0.05, 0.1) is 16.9 Å². The van der Waals surface area contributed by atoms with Crippen LogP contribution in [-0.2, 0) is 10.9 Å². The Morgan fingerprint density at radius 2 is 1.90 bits per heavy atom. The van der Waals surface area contributed by atoms with Crippen molar-refractivity contribution >= 4 is 22.9 Å². The van der Waals surface area contributed by atoms with Crippen molar-refractivity contribution in [3.05, 3.63) is 53.1 Å². The molecular formula is C21H21F5N4O. The molecule has 1 atom stereocenters. The molecule has 0 aromatic heterocycles. The van der Waals surface area contributed by atoms with Gasteiger partial charge < -0.3 is 20.3 Å². The summed E-state index contributed by atoms with van der Waals surface area (Å²) in [7, 11) is 1.60. The van der Waals surface area contributed by atoms with E-state index in [2.05, 4.69) is 15.6 Å². The monoisotopic (exact) mass is 440 g/mol. The molecular weight excluding hydrogens is 419 g/mol. The van der Waals surface area contributed by atoms with E-state index in [4.69, 9.17) is 4.74 Å². The van der Waals surface area contributed by atoms with Gasteiger partial charge >= 0.3 is 6.18 Å². The summed E-state index contributed by atoms with van der Waals surface area (Å²) in [5, 5.41) is 6.27. The minimum atomic E-state index is -4.54. The van der Waals surface area contributed by atoms with Gasteiger partial charge in [0.1, 0.15) is 5.84 Å². The molecule has 0 bridgehead atoms. The molecule has 5 nitrogen and oxygen atoms in total. The van der Waals surface area contributed by atoms with Crippen LogP contribution in [0.15, 0.2) is 35.3 Å². The highest BCUT2D eigenvalue weighted by molar-refractivity contribution is 6.08. The summed E-state index contributed by atoms with van der Waals surface area (Å²) < 4.78 is 73.0. The Kier molecular flexibility index (Phi) is 5.85. The van der Waals surface area contributed by atoms with E-state index in [-0.39, 0.29) is 28.8 Å². The number of ether oxygens (including phenoxy) is 1. The lowest BCUT2D eigenvalue weighted by Gasteiger charge is -2.36. The zero-order valence-electron chi connectivity index (χ0n) is 16.7. The number of alkyl halides is 3. The predicted octanol–water partition coefficient (Wildman–Crippen LogP) is 4.43. The second-order valence-electron chi connectivity index (χ2n) is 7.48. The van der Waals surface area contributed by atoms with Gasteiger partial charge in [-0.25, -0.2) is 13.8 Å². The standard InChI is InChI=1S/C21H21F5N4O/c1-31-7-4-13-11-30(6-5-27-13)20-14-8-12(21(24,25)26)2-3-17(14)28-18-9-15(22)16(23)10-19(18)29-20/h2-3,8-10,13,27-28H,4-7,11H2,1H3. The smallest absolute Gasteiger partial charge is 0.385 e. The summed E-state index contributed by atoms with van der Waals surface area (Å²) in [5.41, 5.74) is 0.0319. The van der Waals surface area contributed by atoms with Crippen LogP contribution in [0.25, 0.3) is 0 Å². The number of halogens is 5. The van der Waals surface area contributed by atoms with Crippen LogP contribution in [0.4, 0.5) is 39.0 Å². The first-order valence-electron chi connectivity index (χ1n) is 9.80. The van der Waals surface area contributed by atoms with E-state index in [0.29, 0.717) is 38.3 Å². The van der Waals surface area contributed by atoms with Crippen molar-refractivity contribution in [2.75, 3.05) is 38.7 Å². The van der Waals surface area contributed by atoms with Crippen LogP contribution < -0.4 is 10.6 Å². The van der Waals surface area contributed by atoms with Crippen LogP contribution in [0.1, 0.15) is 17.5 Å². The maximum Gasteiger partial charge on any atom is 0.416 e. The van der Waals surface area contributed by atoms with Gasteiger partial charge in [-0.1, -0.05) is 0 Å². The van der Waals surface area contributed by atoms with Crippen molar-refractivity contribution in [3.63, 3.8) is 0 Å². The quantitative estimate of drug-likeness (QED) is 0.694. The van der Waals surface area contributed by atoms with Crippen molar-refractivity contribution in [2.24, 2.45) is 4.99 Å². The SMILES string of the molecule is COCCC1CN(C2=Nc3cc(F)c(F)cc3Nc3ccc(C(F)(F)F)cc32)CCN1. The number of fused-ring (bicyclic) bond motifs is 2. The molecule has 0 saturated carbocycles. The van der Waals surface area contributed by atoms with Crippen LogP contribution in [-0.4, -0.2) is 50.1 Å². The zero-order valence-corrected chi connectivity index (χ0v) is 16.7. The van der Waals surface area contributed by atoms with Crippen LogP contribution in [0.3, 0.4) is 0 Å². The average Bonchev–Trinajstić information content (AvgIpc) is 2.88. The number of aliphatic imine (C=N–C) groups is 1. The van der Waals surface area contributed by atoms with E-state index in [1.165, 1.54) is 6.07 Å². The molecule has 2 aliphatic heterocycles. The molecule has 0 radical (unpaired) electrons. The lowest BCUT2D eigenvalue weighted by atomic mass is 10.0. The lowest BCUT2D eigenvalue weighted by molar-refractivity contribution is -0.137. The van der Waals surface area contributed by atoms with Crippen LogP contribution in [0.5, 0.6) is 0 Å². The molecule has 2 heterocycles. The summed E-state index contributed by atoms with van der Waals surface area (Å²) >= 11 is 0. The minimum Gasteiger partial charge on any atom is -0.385 e. The third-order valence-corrected chi connectivity index (χ3v) is 5.35. The molecule has 2 aromatic rings. The molecule has 2 aliphatic rings. The molecule has 2 aromatic carbocycles. The number of hydrogen-bond acceptors (Lipinski definition) is 5. The number of nitrogens with zero attached hydrogens (tertiary/aromatic N) is 2. The summed E-state index contributed by atoms with van der Waals surface area (Å²) in [6, 6.07) is 5.20. The first-order chi connectivity index (χ1) is 14.8. The minimum absolute atomic E-state index is 0.0475. The van der Waals surface area contributed by atoms with Crippen molar-refractivity contribution in [2.45, 2.75) is 18.6 Å². The Balaban J connectivity index is 1.81. The van der Waals surface area contributed by atoms with Gasteiger partial charge in [-0.05, 0) is 24.6 Å². The molecule has 10 heteroatoms. The third kappa shape index (κ3) is 4.49. The van der Waals surface area contributed by atoms with Crippen LogP contribution in [0, 0.1) is 11.6 Å². The van der Waals surface area contributed by atoms with E-state index >= 15 is 0 Å². The maximum absolute atomic E-state index is 13.9. The summed E-state index contributed by atoms with van der Waals surface area (Å²) in [5.74, 6) is -1.87. The Hall–Kier alpha value is -2.72. The van der Waals surface area contributed by atoms with Crippen LogP contribution >= 0.6 is 0 Å². The Morgan fingerprint density at radius 3 is 2.65 bits per heavy atom. The second kappa shape index (κ2) is 8.43. The average molecular weight is 440 g/mol. The number of methoxy groups -OCH3 is 1. The van der Waals surface area contributed by atoms with Gasteiger partial charge in [0.15, 0.2) is 11.6 Å². The van der Waals surface area contributed by atoms with Gasteiger partial charge in [0, 0.05) is 62.8 Å². The summed E-state index contributed by atoms with van der Waals surface area (Å²) in [4.78, 5) is 6.36. The van der Waals surface area contributed by atoms with Crippen molar-refractivity contribution in [1.82, 2.24) is 10.2 Å². The highest BCUT2D eigenvalue weighted by Gasteiger charge is 2.33. The molecule has 31 heavy (non-hydrogen) atoms. The first kappa shape index (κ1) is 21.5. The van der Waals surface area contributed by atoms with E-state index in [0.717, 1.165) is 24.3 Å². The van der Waals surface area contributed by atoms with Crippen molar-refractivity contribution in [1.29, 1.82) is 0 Å². The second-order valence-corrected chi connectivity index (χ2v) is 7.48. The molecule has 4 rings (SSSR count). The Morgan fingerprint density at radius 1 is 1.13 bits per heavy atom. The van der Waals surface area contributed by atoms with E-state index in [1.807, 2.05) is 4.90 Å². The topological polar surface area (TPSA) is 48.9 Å². The number of nitrogens with one attached hydrogen (secondary N) is 2. The van der Waals surface area contributed by atoms with E-state index in [9.17, 15) is 22.0 Å². The van der Waals surface area contributed by atoms with Gasteiger partial charge in [-0.15, -0.1) is 0 Å². The number of piperazine rings is 1. The van der Waals surface area contributed by atoms with Gasteiger partial charge in [0.2, 0.25) is 0 Å². The normalized spacial score (nSPS) is 18.6. The summed E-state index contributed by atoms with van der Waals surface area (Å²) in [6.45, 7) is 2.11. The highest BCUT2D eigenvalue weighted by atomic mass is 19.4. The molecule has 0 aliphatic carbocycles. The number of anilines is 2. The third-order valence-electron chi connectivity index (χ3n) is 5.35. The fraction of sp³-hybridized carbons (Fsp3) is 0.381. The van der Waals surface area contributed by atoms with Crippen LogP contribution in [0.2, 0.25) is 0 Å². The van der Waals surface area contributed by atoms with E-state index in [1.54, 1.807) is 7.11 Å². The van der Waals surface area contributed by atoms with Gasteiger partial charge in [0.25, 0.3) is 0 Å². The maximum atomic E-state index is 13.9. The van der Waals surface area contributed by atoms with Crippen molar-refractivity contribution < 1.29 is 26.7 Å².